The normalized spacial score (nSPS) is 15.6. The quantitative estimate of drug-likeness (QED) is 0.891. The van der Waals surface area contributed by atoms with Gasteiger partial charge in [0, 0.05) is 13.0 Å². The molecule has 106 valence electrons. The number of carbonyl (C=O) groups is 1. The Morgan fingerprint density at radius 1 is 1.37 bits per heavy atom. The van der Waals surface area contributed by atoms with Gasteiger partial charge in [0.1, 0.15) is 5.82 Å². The average Bonchev–Trinajstić information content (AvgIpc) is 2.38. The molecule has 0 saturated carbocycles. The second kappa shape index (κ2) is 8.12. The topological polar surface area (TPSA) is 41.1 Å². The van der Waals surface area contributed by atoms with Crippen molar-refractivity contribution in [1.29, 1.82) is 0 Å². The predicted octanol–water partition coefficient (Wildman–Crippen LogP) is 2.25. The van der Waals surface area contributed by atoms with Crippen LogP contribution in [0, 0.1) is 11.7 Å². The predicted molar refractivity (Wildman–Crippen MR) is 75.7 cm³/mol. The first-order valence-electron chi connectivity index (χ1n) is 6.46. The highest BCUT2D eigenvalue weighted by Gasteiger charge is 2.16. The minimum atomic E-state index is -0.264. The van der Waals surface area contributed by atoms with Gasteiger partial charge in [-0.1, -0.05) is 12.1 Å². The van der Waals surface area contributed by atoms with Crippen molar-refractivity contribution in [3.63, 3.8) is 0 Å². The zero-order chi connectivity index (χ0) is 12.8. The van der Waals surface area contributed by atoms with Crippen molar-refractivity contribution in [2.45, 2.75) is 25.8 Å². The molecular formula is C14H20ClFN2O. The van der Waals surface area contributed by atoms with Crippen molar-refractivity contribution in [3.8, 4) is 0 Å². The van der Waals surface area contributed by atoms with Gasteiger partial charge in [-0.3, -0.25) is 4.79 Å². The summed E-state index contributed by atoms with van der Waals surface area (Å²) >= 11 is 0. The Balaban J connectivity index is 0.00000180. The molecule has 1 aromatic rings. The molecule has 0 radical (unpaired) electrons. The Labute approximate surface area is 119 Å². The summed E-state index contributed by atoms with van der Waals surface area (Å²) in [5.41, 5.74) is 0.800. The van der Waals surface area contributed by atoms with Gasteiger partial charge in [-0.25, -0.2) is 4.39 Å². The molecule has 0 aromatic heterocycles. The van der Waals surface area contributed by atoms with Crippen LogP contribution in [0.3, 0.4) is 0 Å². The van der Waals surface area contributed by atoms with Gasteiger partial charge >= 0.3 is 0 Å². The van der Waals surface area contributed by atoms with Crippen LogP contribution in [0.25, 0.3) is 0 Å². The smallest absolute Gasteiger partial charge is 0.220 e. The first-order valence-corrected chi connectivity index (χ1v) is 6.46. The number of hydrogen-bond donors (Lipinski definition) is 2. The van der Waals surface area contributed by atoms with Crippen LogP contribution in [0.5, 0.6) is 0 Å². The van der Waals surface area contributed by atoms with Gasteiger partial charge in [0.05, 0.1) is 0 Å². The highest BCUT2D eigenvalue weighted by molar-refractivity contribution is 5.85. The second-order valence-corrected chi connectivity index (χ2v) is 4.80. The summed E-state index contributed by atoms with van der Waals surface area (Å²) in [6.07, 6.45) is 2.71. The van der Waals surface area contributed by atoms with Crippen LogP contribution in [0.4, 0.5) is 4.39 Å². The van der Waals surface area contributed by atoms with Crippen LogP contribution in [-0.2, 0) is 11.3 Å². The first-order chi connectivity index (χ1) is 8.74. The third-order valence-corrected chi connectivity index (χ3v) is 3.31. The second-order valence-electron chi connectivity index (χ2n) is 4.80. The van der Waals surface area contributed by atoms with Gasteiger partial charge in [-0.2, -0.15) is 0 Å². The maximum Gasteiger partial charge on any atom is 0.220 e. The Hall–Kier alpha value is -1.13. The molecule has 1 aliphatic rings. The average molecular weight is 287 g/mol. The zero-order valence-corrected chi connectivity index (χ0v) is 11.6. The fraction of sp³-hybridized carbons (Fsp3) is 0.500. The molecular weight excluding hydrogens is 267 g/mol. The van der Waals surface area contributed by atoms with E-state index in [1.54, 1.807) is 6.07 Å². The minimum absolute atomic E-state index is 0. The zero-order valence-electron chi connectivity index (χ0n) is 10.8. The highest BCUT2D eigenvalue weighted by Crippen LogP contribution is 2.15. The van der Waals surface area contributed by atoms with Crippen molar-refractivity contribution in [3.05, 3.63) is 35.6 Å². The van der Waals surface area contributed by atoms with Crippen LogP contribution in [0.2, 0.25) is 0 Å². The molecule has 1 aromatic carbocycles. The molecule has 0 unspecified atom stereocenters. The number of nitrogens with one attached hydrogen (secondary N) is 2. The van der Waals surface area contributed by atoms with Gasteiger partial charge in [0.15, 0.2) is 0 Å². The number of benzene rings is 1. The van der Waals surface area contributed by atoms with Crippen LogP contribution in [-0.4, -0.2) is 19.0 Å². The number of rotatable bonds is 4. The van der Waals surface area contributed by atoms with E-state index in [2.05, 4.69) is 10.6 Å². The Morgan fingerprint density at radius 2 is 2.11 bits per heavy atom. The standard InChI is InChI=1S/C14H19FN2O.ClH/c15-13-3-1-2-12(8-13)10-17-14(18)9-11-4-6-16-7-5-11;/h1-3,8,11,16H,4-7,9-10H2,(H,17,18);1H. The first kappa shape index (κ1) is 15.9. The SMILES string of the molecule is Cl.O=C(CC1CCNCC1)NCc1cccc(F)c1. The van der Waals surface area contributed by atoms with Gasteiger partial charge in [-0.05, 0) is 49.5 Å². The third-order valence-electron chi connectivity index (χ3n) is 3.31. The third kappa shape index (κ3) is 5.57. The molecule has 2 rings (SSSR count). The lowest BCUT2D eigenvalue weighted by Crippen LogP contribution is -2.32. The van der Waals surface area contributed by atoms with Gasteiger partial charge in [0.2, 0.25) is 5.91 Å². The van der Waals surface area contributed by atoms with E-state index in [9.17, 15) is 9.18 Å². The fourth-order valence-electron chi connectivity index (χ4n) is 2.27. The molecule has 0 atom stereocenters. The molecule has 1 amide bonds. The monoisotopic (exact) mass is 286 g/mol. The van der Waals surface area contributed by atoms with E-state index in [4.69, 9.17) is 0 Å². The van der Waals surface area contributed by atoms with Crippen LogP contribution in [0.1, 0.15) is 24.8 Å². The molecule has 0 aliphatic carbocycles. The summed E-state index contributed by atoms with van der Waals surface area (Å²) in [5.74, 6) is 0.282. The van der Waals surface area contributed by atoms with Gasteiger partial charge in [-0.15, -0.1) is 12.4 Å². The molecule has 1 fully saturated rings. The molecule has 1 heterocycles. The Bertz CT molecular complexity index is 408. The number of hydrogen-bond acceptors (Lipinski definition) is 2. The number of carbonyl (C=O) groups excluding carboxylic acids is 1. The fourth-order valence-corrected chi connectivity index (χ4v) is 2.27. The number of halogens is 2. The Kier molecular flexibility index (Phi) is 6.81. The molecule has 1 saturated heterocycles. The van der Waals surface area contributed by atoms with Crippen molar-refractivity contribution in [2.24, 2.45) is 5.92 Å². The maximum atomic E-state index is 12.9. The van der Waals surface area contributed by atoms with Crippen molar-refractivity contribution in [2.75, 3.05) is 13.1 Å². The van der Waals surface area contributed by atoms with Gasteiger partial charge in [0.25, 0.3) is 0 Å². The molecule has 2 N–H and O–H groups in total. The van der Waals surface area contributed by atoms with Crippen molar-refractivity contribution < 1.29 is 9.18 Å². The maximum absolute atomic E-state index is 12.9. The molecule has 0 spiro atoms. The summed E-state index contributed by atoms with van der Waals surface area (Å²) < 4.78 is 12.9. The molecule has 5 heteroatoms. The van der Waals surface area contributed by atoms with Gasteiger partial charge < -0.3 is 10.6 Å². The summed E-state index contributed by atoms with van der Waals surface area (Å²) in [5, 5.41) is 6.13. The summed E-state index contributed by atoms with van der Waals surface area (Å²) in [6, 6.07) is 6.32. The molecule has 0 bridgehead atoms. The lowest BCUT2D eigenvalue weighted by Gasteiger charge is -2.21. The van der Waals surface area contributed by atoms with Crippen molar-refractivity contribution >= 4 is 18.3 Å². The van der Waals surface area contributed by atoms with E-state index in [1.807, 2.05) is 6.07 Å². The summed E-state index contributed by atoms with van der Waals surface area (Å²) in [4.78, 5) is 11.7. The highest BCUT2D eigenvalue weighted by atomic mass is 35.5. The van der Waals surface area contributed by atoms with Crippen molar-refractivity contribution in [1.82, 2.24) is 10.6 Å². The van der Waals surface area contributed by atoms with E-state index in [0.717, 1.165) is 31.5 Å². The van der Waals surface area contributed by atoms with E-state index in [1.165, 1.54) is 12.1 Å². The molecule has 1 aliphatic heterocycles. The van der Waals surface area contributed by atoms with Crippen LogP contribution < -0.4 is 10.6 Å². The van der Waals surface area contributed by atoms with Crippen LogP contribution in [0.15, 0.2) is 24.3 Å². The number of amides is 1. The van der Waals surface area contributed by atoms with E-state index >= 15 is 0 Å². The summed E-state index contributed by atoms with van der Waals surface area (Å²) in [6.45, 7) is 2.41. The summed E-state index contributed by atoms with van der Waals surface area (Å²) in [7, 11) is 0. The lowest BCUT2D eigenvalue weighted by atomic mass is 9.94. The molecule has 19 heavy (non-hydrogen) atoms. The van der Waals surface area contributed by atoms with E-state index in [-0.39, 0.29) is 24.1 Å². The van der Waals surface area contributed by atoms with E-state index in [0.29, 0.717) is 18.9 Å². The minimum Gasteiger partial charge on any atom is -0.352 e. The van der Waals surface area contributed by atoms with Crippen LogP contribution >= 0.6 is 12.4 Å². The number of piperidine rings is 1. The Morgan fingerprint density at radius 3 is 2.79 bits per heavy atom. The lowest BCUT2D eigenvalue weighted by molar-refractivity contribution is -0.122. The molecule has 3 nitrogen and oxygen atoms in total. The largest absolute Gasteiger partial charge is 0.352 e. The van der Waals surface area contributed by atoms with E-state index < -0.39 is 0 Å².